The van der Waals surface area contributed by atoms with Crippen molar-refractivity contribution in [3.05, 3.63) is 46.8 Å². The van der Waals surface area contributed by atoms with Gasteiger partial charge in [-0.05, 0) is 30.4 Å². The standard InChI is InChI=1S/C15H18N4O2/c16-12-13(17-8-18-14(12)20)15(21)19-11-7-3-5-9-4-1-2-6-10(9)11/h1-2,4,6,11,17H,3,5,7-8,16H2,(H,18,20)(H,19,21)/t11-/m1/s1. The van der Waals surface area contributed by atoms with E-state index in [1.807, 2.05) is 18.2 Å². The van der Waals surface area contributed by atoms with Gasteiger partial charge in [-0.25, -0.2) is 0 Å². The van der Waals surface area contributed by atoms with Crippen LogP contribution >= 0.6 is 0 Å². The van der Waals surface area contributed by atoms with Crippen molar-refractivity contribution in [3.8, 4) is 0 Å². The predicted octanol–water partition coefficient (Wildman–Crippen LogP) is 0.0274. The van der Waals surface area contributed by atoms with Gasteiger partial charge in [-0.1, -0.05) is 24.3 Å². The maximum Gasteiger partial charge on any atom is 0.270 e. The number of carbonyl (C=O) groups is 2. The topological polar surface area (TPSA) is 96.2 Å². The van der Waals surface area contributed by atoms with Crippen molar-refractivity contribution in [1.82, 2.24) is 16.0 Å². The summed E-state index contributed by atoms with van der Waals surface area (Å²) in [7, 11) is 0. The molecule has 1 heterocycles. The van der Waals surface area contributed by atoms with Crippen molar-refractivity contribution in [3.63, 3.8) is 0 Å². The third-order valence-corrected chi connectivity index (χ3v) is 3.93. The molecule has 1 atom stereocenters. The van der Waals surface area contributed by atoms with E-state index in [1.165, 1.54) is 5.56 Å². The van der Waals surface area contributed by atoms with Gasteiger partial charge in [-0.3, -0.25) is 9.59 Å². The first kappa shape index (κ1) is 13.5. The van der Waals surface area contributed by atoms with E-state index in [4.69, 9.17) is 5.73 Å². The van der Waals surface area contributed by atoms with Crippen LogP contribution in [-0.2, 0) is 16.0 Å². The van der Waals surface area contributed by atoms with Crippen molar-refractivity contribution in [2.24, 2.45) is 5.73 Å². The van der Waals surface area contributed by atoms with Gasteiger partial charge in [0.2, 0.25) is 0 Å². The van der Waals surface area contributed by atoms with Gasteiger partial charge in [0.15, 0.2) is 0 Å². The summed E-state index contributed by atoms with van der Waals surface area (Å²) in [6, 6.07) is 8.08. The molecule has 5 N–H and O–H groups in total. The fraction of sp³-hybridized carbons (Fsp3) is 0.333. The zero-order valence-corrected chi connectivity index (χ0v) is 11.6. The summed E-state index contributed by atoms with van der Waals surface area (Å²) in [5.41, 5.74) is 8.17. The van der Waals surface area contributed by atoms with Crippen LogP contribution in [0.2, 0.25) is 0 Å². The minimum atomic E-state index is -0.414. The number of hydrogen-bond donors (Lipinski definition) is 4. The Morgan fingerprint density at radius 3 is 2.95 bits per heavy atom. The molecule has 110 valence electrons. The Morgan fingerprint density at radius 1 is 1.29 bits per heavy atom. The number of carbonyl (C=O) groups excluding carboxylic acids is 2. The number of hydrogen-bond acceptors (Lipinski definition) is 4. The van der Waals surface area contributed by atoms with Crippen LogP contribution in [-0.4, -0.2) is 18.5 Å². The second kappa shape index (κ2) is 5.47. The van der Waals surface area contributed by atoms with Crippen LogP contribution in [0.15, 0.2) is 35.7 Å². The van der Waals surface area contributed by atoms with Gasteiger partial charge in [0.05, 0.1) is 12.7 Å². The summed E-state index contributed by atoms with van der Waals surface area (Å²) in [6.45, 7) is 0.212. The Kier molecular flexibility index (Phi) is 3.51. The largest absolute Gasteiger partial charge is 0.392 e. The predicted molar refractivity (Wildman–Crippen MR) is 77.6 cm³/mol. The molecular weight excluding hydrogens is 268 g/mol. The van der Waals surface area contributed by atoms with Crippen LogP contribution in [0.1, 0.15) is 30.0 Å². The highest BCUT2D eigenvalue weighted by Gasteiger charge is 2.26. The number of nitrogens with one attached hydrogen (secondary N) is 3. The molecule has 1 aliphatic heterocycles. The summed E-state index contributed by atoms with van der Waals surface area (Å²) in [5.74, 6) is -0.744. The molecule has 0 saturated carbocycles. The van der Waals surface area contributed by atoms with E-state index < -0.39 is 5.91 Å². The minimum Gasteiger partial charge on any atom is -0.392 e. The Bertz CT molecular complexity index is 624. The highest BCUT2D eigenvalue weighted by atomic mass is 16.2. The van der Waals surface area contributed by atoms with E-state index in [1.54, 1.807) is 0 Å². The zero-order valence-electron chi connectivity index (χ0n) is 11.6. The second-order valence-corrected chi connectivity index (χ2v) is 5.27. The molecule has 6 heteroatoms. The molecule has 0 unspecified atom stereocenters. The fourth-order valence-electron chi connectivity index (χ4n) is 2.85. The molecule has 1 aliphatic carbocycles. The normalized spacial score (nSPS) is 21.1. The summed E-state index contributed by atoms with van der Waals surface area (Å²) < 4.78 is 0. The molecule has 0 bridgehead atoms. The molecule has 0 aromatic heterocycles. The molecule has 2 amide bonds. The van der Waals surface area contributed by atoms with E-state index in [0.29, 0.717) is 0 Å². The minimum absolute atomic E-state index is 0.0328. The van der Waals surface area contributed by atoms with E-state index in [2.05, 4.69) is 22.0 Å². The van der Waals surface area contributed by atoms with Crippen molar-refractivity contribution in [2.45, 2.75) is 25.3 Å². The molecule has 21 heavy (non-hydrogen) atoms. The Hall–Kier alpha value is -2.50. The Labute approximate surface area is 122 Å². The molecular formula is C15H18N4O2. The summed E-state index contributed by atoms with van der Waals surface area (Å²) >= 11 is 0. The third kappa shape index (κ3) is 2.56. The quantitative estimate of drug-likeness (QED) is 0.616. The van der Waals surface area contributed by atoms with Gasteiger partial charge in [-0.15, -0.1) is 0 Å². The number of rotatable bonds is 2. The second-order valence-electron chi connectivity index (χ2n) is 5.27. The monoisotopic (exact) mass is 286 g/mol. The lowest BCUT2D eigenvalue weighted by molar-refractivity contribution is -0.122. The number of aryl methyl sites for hydroxylation is 1. The average Bonchev–Trinajstić information content (AvgIpc) is 2.50. The van der Waals surface area contributed by atoms with Crippen molar-refractivity contribution < 1.29 is 9.59 Å². The van der Waals surface area contributed by atoms with Crippen LogP contribution < -0.4 is 21.7 Å². The van der Waals surface area contributed by atoms with Crippen LogP contribution in [0.5, 0.6) is 0 Å². The van der Waals surface area contributed by atoms with Gasteiger partial charge in [0, 0.05) is 0 Å². The summed E-state index contributed by atoms with van der Waals surface area (Å²) in [5, 5.41) is 8.32. The molecule has 1 aromatic carbocycles. The fourth-order valence-corrected chi connectivity index (χ4v) is 2.85. The summed E-state index contributed by atoms with van der Waals surface area (Å²) in [4.78, 5) is 23.8. The highest BCUT2D eigenvalue weighted by Crippen LogP contribution is 2.29. The lowest BCUT2D eigenvalue weighted by Crippen LogP contribution is -2.48. The number of benzene rings is 1. The zero-order chi connectivity index (χ0) is 14.8. The van der Waals surface area contributed by atoms with Crippen molar-refractivity contribution >= 4 is 11.8 Å². The van der Waals surface area contributed by atoms with Crippen LogP contribution in [0, 0.1) is 0 Å². The molecule has 3 rings (SSSR count). The highest BCUT2D eigenvalue weighted by molar-refractivity contribution is 6.04. The molecule has 0 radical (unpaired) electrons. The first-order valence-electron chi connectivity index (χ1n) is 7.07. The maximum atomic E-state index is 12.3. The van der Waals surface area contributed by atoms with Crippen molar-refractivity contribution in [1.29, 1.82) is 0 Å². The van der Waals surface area contributed by atoms with Gasteiger partial charge in [-0.2, -0.15) is 0 Å². The van der Waals surface area contributed by atoms with Gasteiger partial charge >= 0.3 is 0 Å². The molecule has 0 fully saturated rings. The van der Waals surface area contributed by atoms with Crippen LogP contribution in [0.4, 0.5) is 0 Å². The smallest absolute Gasteiger partial charge is 0.270 e. The first-order chi connectivity index (χ1) is 10.2. The summed E-state index contributed by atoms with van der Waals surface area (Å²) in [6.07, 6.45) is 2.96. The molecule has 6 nitrogen and oxygen atoms in total. The van der Waals surface area contributed by atoms with Gasteiger partial charge < -0.3 is 21.7 Å². The third-order valence-electron chi connectivity index (χ3n) is 3.93. The van der Waals surface area contributed by atoms with Crippen LogP contribution in [0.25, 0.3) is 0 Å². The molecule has 1 aromatic rings. The number of fused-ring (bicyclic) bond motifs is 1. The van der Waals surface area contributed by atoms with Gasteiger partial charge in [0.25, 0.3) is 11.8 Å². The van der Waals surface area contributed by atoms with Crippen molar-refractivity contribution in [2.75, 3.05) is 6.67 Å². The molecule has 0 spiro atoms. The van der Waals surface area contributed by atoms with Crippen LogP contribution in [0.3, 0.4) is 0 Å². The number of amides is 2. The van der Waals surface area contributed by atoms with E-state index in [9.17, 15) is 9.59 Å². The van der Waals surface area contributed by atoms with Gasteiger partial charge in [0.1, 0.15) is 11.4 Å². The van der Waals surface area contributed by atoms with E-state index >= 15 is 0 Å². The SMILES string of the molecule is NC1=C(C(=O)N[C@@H]2CCCc3ccccc32)NCNC1=O. The lowest BCUT2D eigenvalue weighted by Gasteiger charge is -2.28. The lowest BCUT2D eigenvalue weighted by atomic mass is 9.87. The number of nitrogens with two attached hydrogens (primary N) is 1. The maximum absolute atomic E-state index is 12.3. The van der Waals surface area contributed by atoms with E-state index in [-0.39, 0.29) is 30.0 Å². The Balaban J connectivity index is 1.80. The molecule has 0 saturated heterocycles. The average molecular weight is 286 g/mol. The van der Waals surface area contributed by atoms with E-state index in [0.717, 1.165) is 24.8 Å². The first-order valence-corrected chi connectivity index (χ1v) is 7.07. The Morgan fingerprint density at radius 2 is 2.10 bits per heavy atom. The molecule has 2 aliphatic rings.